The predicted molar refractivity (Wildman–Crippen MR) is 96.7 cm³/mol. The van der Waals surface area contributed by atoms with Gasteiger partial charge in [0, 0.05) is 31.4 Å². The van der Waals surface area contributed by atoms with Crippen LogP contribution < -0.4 is 15.5 Å². The first kappa shape index (κ1) is 15.9. The van der Waals surface area contributed by atoms with Gasteiger partial charge >= 0.3 is 6.03 Å². The minimum Gasteiger partial charge on any atom is -0.357 e. The van der Waals surface area contributed by atoms with E-state index in [2.05, 4.69) is 25.6 Å². The van der Waals surface area contributed by atoms with Gasteiger partial charge in [-0.1, -0.05) is 0 Å². The lowest BCUT2D eigenvalue weighted by Gasteiger charge is -2.24. The van der Waals surface area contributed by atoms with Crippen molar-refractivity contribution in [3.8, 4) is 0 Å². The maximum Gasteiger partial charge on any atom is 0.319 e. The molecular weight excluding hydrogens is 316 g/mol. The molecule has 0 unspecified atom stereocenters. The quantitative estimate of drug-likeness (QED) is 0.901. The monoisotopic (exact) mass is 340 g/mol. The van der Waals surface area contributed by atoms with Gasteiger partial charge in [-0.05, 0) is 44.2 Å². The number of carbonyl (C=O) groups excluding carboxylic acids is 1. The Hall–Kier alpha value is -2.57. The number of amides is 2. The number of hydrogen-bond acceptors (Lipinski definition) is 4. The predicted octanol–water partition coefficient (Wildman–Crippen LogP) is 2.61. The molecule has 1 atom stereocenters. The number of aryl methyl sites for hydroxylation is 1. The van der Waals surface area contributed by atoms with Crippen LogP contribution in [0.1, 0.15) is 43.0 Å². The summed E-state index contributed by atoms with van der Waals surface area (Å²) in [5, 5.41) is 10.3. The standard InChI is InChI=1S/C18H24N6O/c1-23-16-6-4-5-15(14(16)12-20-23)22-18(25)21-13-7-8-17(19-11-13)24-9-2-3-10-24/h7-8,11-12,15H,2-6,9-10H2,1H3,(H2,21,22,25)/t15-/m0/s1. The minimum absolute atomic E-state index is 0.0225. The van der Waals surface area contributed by atoms with Crippen LogP contribution in [0.15, 0.2) is 24.5 Å². The molecule has 7 heteroatoms. The van der Waals surface area contributed by atoms with Gasteiger partial charge in [0.25, 0.3) is 0 Å². The Bertz CT molecular complexity index is 747. The lowest BCUT2D eigenvalue weighted by molar-refractivity contribution is 0.247. The molecule has 1 fully saturated rings. The first-order chi connectivity index (χ1) is 12.2. The van der Waals surface area contributed by atoms with Gasteiger partial charge in [0.2, 0.25) is 0 Å². The summed E-state index contributed by atoms with van der Waals surface area (Å²) < 4.78 is 1.90. The van der Waals surface area contributed by atoms with E-state index in [0.717, 1.165) is 43.7 Å². The fraction of sp³-hybridized carbons (Fsp3) is 0.500. The Morgan fingerprint density at radius 3 is 2.80 bits per heavy atom. The van der Waals surface area contributed by atoms with Crippen molar-refractivity contribution in [1.29, 1.82) is 0 Å². The molecule has 0 saturated carbocycles. The van der Waals surface area contributed by atoms with E-state index in [9.17, 15) is 4.79 Å². The number of aromatic nitrogens is 3. The molecule has 132 valence electrons. The van der Waals surface area contributed by atoms with Gasteiger partial charge in [-0.3, -0.25) is 4.68 Å². The lowest BCUT2D eigenvalue weighted by Crippen LogP contribution is -2.34. The third-order valence-corrected chi connectivity index (χ3v) is 5.12. The molecule has 7 nitrogen and oxygen atoms in total. The smallest absolute Gasteiger partial charge is 0.319 e. The molecule has 2 aliphatic rings. The summed E-state index contributed by atoms with van der Waals surface area (Å²) in [4.78, 5) is 19.1. The summed E-state index contributed by atoms with van der Waals surface area (Å²) in [6.45, 7) is 2.13. The van der Waals surface area contributed by atoms with E-state index in [1.807, 2.05) is 30.1 Å². The van der Waals surface area contributed by atoms with Crippen molar-refractivity contribution in [2.45, 2.75) is 38.1 Å². The molecule has 2 N–H and O–H groups in total. The maximum absolute atomic E-state index is 12.4. The van der Waals surface area contributed by atoms with Crippen LogP contribution in [-0.2, 0) is 13.5 Å². The van der Waals surface area contributed by atoms with Crippen molar-refractivity contribution in [3.05, 3.63) is 35.8 Å². The van der Waals surface area contributed by atoms with Gasteiger partial charge in [0.15, 0.2) is 0 Å². The van der Waals surface area contributed by atoms with Crippen molar-refractivity contribution < 1.29 is 4.79 Å². The van der Waals surface area contributed by atoms with Crippen LogP contribution in [0, 0.1) is 0 Å². The zero-order valence-electron chi connectivity index (χ0n) is 14.5. The van der Waals surface area contributed by atoms with Gasteiger partial charge in [0.05, 0.1) is 24.1 Å². The maximum atomic E-state index is 12.4. The van der Waals surface area contributed by atoms with Crippen LogP contribution in [0.2, 0.25) is 0 Å². The van der Waals surface area contributed by atoms with E-state index in [-0.39, 0.29) is 12.1 Å². The minimum atomic E-state index is -0.197. The second-order valence-corrected chi connectivity index (χ2v) is 6.81. The molecule has 25 heavy (non-hydrogen) atoms. The number of anilines is 2. The number of carbonyl (C=O) groups is 1. The first-order valence-electron chi connectivity index (χ1n) is 9.00. The van der Waals surface area contributed by atoms with E-state index >= 15 is 0 Å². The zero-order valence-corrected chi connectivity index (χ0v) is 14.5. The summed E-state index contributed by atoms with van der Waals surface area (Å²) in [7, 11) is 1.95. The number of nitrogens with one attached hydrogen (secondary N) is 2. The summed E-state index contributed by atoms with van der Waals surface area (Å²) >= 11 is 0. The summed E-state index contributed by atoms with van der Waals surface area (Å²) in [5.41, 5.74) is 3.06. The molecule has 0 bridgehead atoms. The Balaban J connectivity index is 1.38. The van der Waals surface area contributed by atoms with Crippen LogP contribution in [-0.4, -0.2) is 33.9 Å². The molecular formula is C18H24N6O. The SMILES string of the molecule is Cn1ncc2c1CCC[C@@H]2NC(=O)Nc1ccc(N2CCCC2)nc1. The number of hydrogen-bond donors (Lipinski definition) is 2. The first-order valence-corrected chi connectivity index (χ1v) is 9.00. The van der Waals surface area contributed by atoms with Crippen molar-refractivity contribution >= 4 is 17.5 Å². The average molecular weight is 340 g/mol. The molecule has 4 rings (SSSR count). The number of fused-ring (bicyclic) bond motifs is 1. The summed E-state index contributed by atoms with van der Waals surface area (Å²) in [6.07, 6.45) is 9.06. The largest absolute Gasteiger partial charge is 0.357 e. The van der Waals surface area contributed by atoms with Crippen LogP contribution in [0.5, 0.6) is 0 Å². The van der Waals surface area contributed by atoms with Crippen LogP contribution in [0.4, 0.5) is 16.3 Å². The molecule has 0 spiro atoms. The normalized spacial score (nSPS) is 19.6. The van der Waals surface area contributed by atoms with Crippen molar-refractivity contribution in [3.63, 3.8) is 0 Å². The van der Waals surface area contributed by atoms with Crippen LogP contribution >= 0.6 is 0 Å². The highest BCUT2D eigenvalue weighted by molar-refractivity contribution is 5.89. The van der Waals surface area contributed by atoms with Crippen molar-refractivity contribution in [2.75, 3.05) is 23.3 Å². The molecule has 0 aromatic carbocycles. The third-order valence-electron chi connectivity index (χ3n) is 5.12. The summed E-state index contributed by atoms with van der Waals surface area (Å²) in [5.74, 6) is 0.982. The fourth-order valence-electron chi connectivity index (χ4n) is 3.77. The van der Waals surface area contributed by atoms with Gasteiger partial charge in [0.1, 0.15) is 5.82 Å². The fourth-order valence-corrected chi connectivity index (χ4v) is 3.77. The van der Waals surface area contributed by atoms with Gasteiger partial charge in [-0.15, -0.1) is 0 Å². The highest BCUT2D eigenvalue weighted by Gasteiger charge is 2.24. The van der Waals surface area contributed by atoms with E-state index in [1.165, 1.54) is 18.5 Å². The van der Waals surface area contributed by atoms with E-state index in [0.29, 0.717) is 5.69 Å². The number of urea groups is 1. The Morgan fingerprint density at radius 1 is 1.20 bits per heavy atom. The lowest BCUT2D eigenvalue weighted by atomic mass is 9.93. The highest BCUT2D eigenvalue weighted by atomic mass is 16.2. The summed E-state index contributed by atoms with van der Waals surface area (Å²) in [6, 6.07) is 3.71. The van der Waals surface area contributed by atoms with Crippen LogP contribution in [0.25, 0.3) is 0 Å². The van der Waals surface area contributed by atoms with Crippen LogP contribution in [0.3, 0.4) is 0 Å². The zero-order chi connectivity index (χ0) is 17.2. The Labute approximate surface area is 147 Å². The molecule has 2 amide bonds. The molecule has 1 saturated heterocycles. The molecule has 2 aromatic heterocycles. The van der Waals surface area contributed by atoms with Gasteiger partial charge < -0.3 is 15.5 Å². The molecule has 0 radical (unpaired) electrons. The van der Waals surface area contributed by atoms with E-state index in [1.54, 1.807) is 6.20 Å². The van der Waals surface area contributed by atoms with E-state index < -0.39 is 0 Å². The van der Waals surface area contributed by atoms with Crippen molar-refractivity contribution in [1.82, 2.24) is 20.1 Å². The highest BCUT2D eigenvalue weighted by Crippen LogP contribution is 2.29. The average Bonchev–Trinajstić information content (AvgIpc) is 3.27. The third kappa shape index (κ3) is 3.31. The number of nitrogens with zero attached hydrogens (tertiary/aromatic N) is 4. The topological polar surface area (TPSA) is 75.1 Å². The Kier molecular flexibility index (Phi) is 4.29. The Morgan fingerprint density at radius 2 is 2.04 bits per heavy atom. The molecule has 3 heterocycles. The van der Waals surface area contributed by atoms with Gasteiger partial charge in [-0.2, -0.15) is 5.10 Å². The second kappa shape index (κ2) is 6.74. The number of pyridine rings is 1. The van der Waals surface area contributed by atoms with E-state index in [4.69, 9.17) is 0 Å². The second-order valence-electron chi connectivity index (χ2n) is 6.81. The van der Waals surface area contributed by atoms with Gasteiger partial charge in [-0.25, -0.2) is 9.78 Å². The van der Waals surface area contributed by atoms with Crippen molar-refractivity contribution in [2.24, 2.45) is 7.05 Å². The molecule has 1 aliphatic heterocycles. The number of rotatable bonds is 3. The molecule has 1 aliphatic carbocycles. The molecule has 2 aromatic rings.